The van der Waals surface area contributed by atoms with E-state index in [0.29, 0.717) is 24.4 Å². The van der Waals surface area contributed by atoms with Crippen LogP contribution in [0.3, 0.4) is 0 Å². The zero-order valence-corrected chi connectivity index (χ0v) is 24.1. The van der Waals surface area contributed by atoms with Gasteiger partial charge >= 0.3 is 0 Å². The minimum absolute atomic E-state index is 0.0416. The molecular weight excluding hydrogens is 518 g/mol. The molecule has 4 saturated carbocycles. The van der Waals surface area contributed by atoms with Crippen LogP contribution in [0.25, 0.3) is 0 Å². The standard InChI is InChI=1S/C30H45NO7S/c1-17(7-10-27(35)31-19-5-4-6-21(15-19)39(36,37)38)22-8-9-23-28-24(16-26(34)30(22,23)3)29(2)12-11-20(32)13-18(29)14-25(28)33/h4-6,15,17-18,20,22-26,28,32-34H,7-14,16H2,1-3H3,(H,31,35)(H,36,37,38)/t17-,18-,20+,22-,23?,24?,25+,26-,28?,29+,30-/m1/s1. The number of carbonyl (C=O) groups is 1. The average molecular weight is 564 g/mol. The van der Waals surface area contributed by atoms with Crippen LogP contribution in [0.15, 0.2) is 29.2 Å². The topological polar surface area (TPSA) is 144 Å². The molecule has 39 heavy (non-hydrogen) atoms. The van der Waals surface area contributed by atoms with Gasteiger partial charge in [0.05, 0.1) is 23.2 Å². The van der Waals surface area contributed by atoms with E-state index in [2.05, 4.69) is 26.1 Å². The summed E-state index contributed by atoms with van der Waals surface area (Å²) in [5, 5.41) is 36.2. The van der Waals surface area contributed by atoms with Gasteiger partial charge in [0.1, 0.15) is 0 Å². The zero-order valence-electron chi connectivity index (χ0n) is 23.3. The highest BCUT2D eigenvalue weighted by Crippen LogP contribution is 2.68. The van der Waals surface area contributed by atoms with E-state index >= 15 is 0 Å². The van der Waals surface area contributed by atoms with Crippen LogP contribution in [-0.2, 0) is 14.9 Å². The lowest BCUT2D eigenvalue weighted by Crippen LogP contribution is -2.62. The number of rotatable bonds is 6. The summed E-state index contributed by atoms with van der Waals surface area (Å²) in [6.07, 6.45) is 5.59. The SMILES string of the molecule is C[C@H](CCC(=O)Nc1cccc(S(=O)(=O)O)c1)[C@H]1CCC2C3C(C[C@@H](O)[C@@]21C)[C@@]1(C)CC[C@H](O)C[C@@H]1C[C@@H]3O. The van der Waals surface area contributed by atoms with Crippen molar-refractivity contribution in [2.24, 2.45) is 46.3 Å². The number of hydrogen-bond acceptors (Lipinski definition) is 6. The summed E-state index contributed by atoms with van der Waals surface area (Å²) in [4.78, 5) is 12.5. The van der Waals surface area contributed by atoms with Crippen molar-refractivity contribution in [1.29, 1.82) is 0 Å². The Labute approximate surface area is 232 Å². The molecule has 218 valence electrons. The molecule has 9 heteroatoms. The Kier molecular flexibility index (Phi) is 7.72. The molecule has 0 bridgehead atoms. The van der Waals surface area contributed by atoms with Gasteiger partial charge < -0.3 is 20.6 Å². The van der Waals surface area contributed by atoms with Crippen LogP contribution in [0, 0.1) is 46.3 Å². The van der Waals surface area contributed by atoms with Crippen molar-refractivity contribution >= 4 is 21.7 Å². The van der Waals surface area contributed by atoms with Crippen LogP contribution in [0.2, 0.25) is 0 Å². The number of anilines is 1. The van der Waals surface area contributed by atoms with E-state index in [0.717, 1.165) is 38.5 Å². The summed E-state index contributed by atoms with van der Waals surface area (Å²) in [7, 11) is -4.35. The summed E-state index contributed by atoms with van der Waals surface area (Å²) in [5.74, 6) is 1.14. The quantitative estimate of drug-likeness (QED) is 0.326. The van der Waals surface area contributed by atoms with Gasteiger partial charge in [0, 0.05) is 12.1 Å². The monoisotopic (exact) mass is 563 g/mol. The van der Waals surface area contributed by atoms with E-state index in [1.807, 2.05) is 0 Å². The van der Waals surface area contributed by atoms with Crippen molar-refractivity contribution in [3.63, 3.8) is 0 Å². The molecule has 8 nitrogen and oxygen atoms in total. The van der Waals surface area contributed by atoms with Crippen LogP contribution < -0.4 is 5.32 Å². The Balaban J connectivity index is 1.26. The molecule has 4 fully saturated rings. The third-order valence-electron chi connectivity index (χ3n) is 11.8. The third kappa shape index (κ3) is 5.07. The fourth-order valence-electron chi connectivity index (χ4n) is 9.65. The van der Waals surface area contributed by atoms with E-state index in [-0.39, 0.29) is 63.7 Å². The average Bonchev–Trinajstić information content (AvgIpc) is 3.22. The smallest absolute Gasteiger partial charge is 0.294 e. The lowest BCUT2D eigenvalue weighted by molar-refractivity contribution is -0.207. The van der Waals surface area contributed by atoms with Crippen molar-refractivity contribution in [2.75, 3.05) is 5.32 Å². The molecule has 0 aliphatic heterocycles. The fourth-order valence-corrected chi connectivity index (χ4v) is 10.2. The van der Waals surface area contributed by atoms with Crippen molar-refractivity contribution in [3.8, 4) is 0 Å². The maximum absolute atomic E-state index is 12.7. The number of aliphatic hydroxyl groups excluding tert-OH is 3. The molecule has 0 aromatic heterocycles. The highest BCUT2D eigenvalue weighted by atomic mass is 32.2. The molecule has 4 aliphatic carbocycles. The highest BCUT2D eigenvalue weighted by molar-refractivity contribution is 7.85. The Morgan fingerprint density at radius 3 is 2.54 bits per heavy atom. The number of fused-ring (bicyclic) bond motifs is 5. The maximum Gasteiger partial charge on any atom is 0.294 e. The summed E-state index contributed by atoms with van der Waals surface area (Å²) in [6.45, 7) is 6.70. The van der Waals surface area contributed by atoms with Crippen molar-refractivity contribution in [2.45, 2.75) is 102 Å². The number of amides is 1. The largest absolute Gasteiger partial charge is 0.393 e. The van der Waals surface area contributed by atoms with E-state index < -0.39 is 22.3 Å². The van der Waals surface area contributed by atoms with E-state index in [1.54, 1.807) is 6.07 Å². The van der Waals surface area contributed by atoms with Crippen LogP contribution in [-0.4, -0.2) is 52.5 Å². The molecule has 3 unspecified atom stereocenters. The van der Waals surface area contributed by atoms with Gasteiger partial charge in [-0.3, -0.25) is 9.35 Å². The van der Waals surface area contributed by atoms with Crippen LogP contribution in [0.1, 0.15) is 78.6 Å². The van der Waals surface area contributed by atoms with Gasteiger partial charge in [0.25, 0.3) is 10.1 Å². The second-order valence-corrected chi connectivity index (χ2v) is 15.0. The van der Waals surface area contributed by atoms with Gasteiger partial charge in [-0.15, -0.1) is 0 Å². The molecular formula is C30H45NO7S. The first-order valence-electron chi connectivity index (χ1n) is 14.7. The first-order chi connectivity index (χ1) is 18.2. The van der Waals surface area contributed by atoms with E-state index in [9.17, 15) is 33.1 Å². The lowest BCUT2D eigenvalue weighted by Gasteiger charge is -2.63. The molecule has 0 radical (unpaired) electrons. The third-order valence-corrected chi connectivity index (χ3v) is 12.6. The molecule has 4 aliphatic rings. The first-order valence-corrected chi connectivity index (χ1v) is 16.1. The lowest BCUT2D eigenvalue weighted by atomic mass is 9.43. The molecule has 0 saturated heterocycles. The minimum Gasteiger partial charge on any atom is -0.393 e. The normalized spacial score (nSPS) is 42.6. The minimum atomic E-state index is -4.35. The molecule has 11 atom stereocenters. The number of benzene rings is 1. The fraction of sp³-hybridized carbons (Fsp3) is 0.767. The predicted octanol–water partition coefficient (Wildman–Crippen LogP) is 4.25. The van der Waals surface area contributed by atoms with Crippen molar-refractivity contribution in [3.05, 3.63) is 24.3 Å². The first kappa shape index (κ1) is 29.0. The van der Waals surface area contributed by atoms with Crippen LogP contribution in [0.4, 0.5) is 5.69 Å². The number of hydrogen-bond donors (Lipinski definition) is 5. The number of carbonyl (C=O) groups excluding carboxylic acids is 1. The van der Waals surface area contributed by atoms with Gasteiger partial charge in [0.15, 0.2) is 0 Å². The Morgan fingerprint density at radius 1 is 1.08 bits per heavy atom. The zero-order chi connectivity index (χ0) is 28.3. The highest BCUT2D eigenvalue weighted by Gasteiger charge is 2.65. The predicted molar refractivity (Wildman–Crippen MR) is 147 cm³/mol. The number of nitrogens with one attached hydrogen (secondary N) is 1. The van der Waals surface area contributed by atoms with Gasteiger partial charge in [-0.25, -0.2) is 0 Å². The van der Waals surface area contributed by atoms with Crippen LogP contribution >= 0.6 is 0 Å². The second kappa shape index (κ2) is 10.4. The number of aliphatic hydroxyl groups is 3. The molecule has 1 amide bonds. The molecule has 1 aromatic rings. The second-order valence-electron chi connectivity index (χ2n) is 13.6. The van der Waals surface area contributed by atoms with Gasteiger partial charge in [-0.2, -0.15) is 8.42 Å². The Bertz CT molecular complexity index is 1190. The molecule has 5 rings (SSSR count). The van der Waals surface area contributed by atoms with Gasteiger partial charge in [0.2, 0.25) is 5.91 Å². The molecule has 0 heterocycles. The maximum atomic E-state index is 12.7. The van der Waals surface area contributed by atoms with Crippen molar-refractivity contribution in [1.82, 2.24) is 0 Å². The summed E-state index contributed by atoms with van der Waals surface area (Å²) in [6, 6.07) is 5.56. The van der Waals surface area contributed by atoms with Crippen molar-refractivity contribution < 1.29 is 33.1 Å². The van der Waals surface area contributed by atoms with Gasteiger partial charge in [-0.05, 0) is 116 Å². The molecule has 1 aromatic carbocycles. The summed E-state index contributed by atoms with van der Waals surface area (Å²) < 4.78 is 32.1. The Hall–Kier alpha value is -1.52. The Morgan fingerprint density at radius 2 is 1.82 bits per heavy atom. The molecule has 0 spiro atoms. The summed E-state index contributed by atoms with van der Waals surface area (Å²) in [5.41, 5.74) is 0.0387. The van der Waals surface area contributed by atoms with E-state index in [4.69, 9.17) is 0 Å². The van der Waals surface area contributed by atoms with Gasteiger partial charge in [-0.1, -0.05) is 26.8 Å². The summed E-state index contributed by atoms with van der Waals surface area (Å²) >= 11 is 0. The van der Waals surface area contributed by atoms with Crippen LogP contribution in [0.5, 0.6) is 0 Å². The van der Waals surface area contributed by atoms with E-state index in [1.165, 1.54) is 18.2 Å². The molecule has 5 N–H and O–H groups in total.